The van der Waals surface area contributed by atoms with Crippen LogP contribution in [0.25, 0.3) is 16.7 Å². The molecule has 2 aromatic carbocycles. The predicted molar refractivity (Wildman–Crippen MR) is 74.5 cm³/mol. The molecular weight excluding hydrogens is 275 g/mol. The van der Waals surface area contributed by atoms with E-state index in [0.717, 1.165) is 0 Å². The van der Waals surface area contributed by atoms with Gasteiger partial charge in [0.05, 0.1) is 29.4 Å². The summed E-state index contributed by atoms with van der Waals surface area (Å²) in [6.07, 6.45) is 1.53. The van der Waals surface area contributed by atoms with Gasteiger partial charge >= 0.3 is 5.97 Å². The number of ether oxygens (including phenoxy) is 1. The van der Waals surface area contributed by atoms with Crippen LogP contribution < -0.4 is 4.74 Å². The third kappa shape index (κ3) is 2.20. The Kier molecular flexibility index (Phi) is 3.06. The third-order valence-electron chi connectivity index (χ3n) is 3.21. The minimum absolute atomic E-state index is 0.161. The number of hydrogen-bond donors (Lipinski definition) is 1. The Morgan fingerprint density at radius 3 is 2.76 bits per heavy atom. The number of aromatic carboxylic acids is 1. The molecule has 0 aliphatic rings. The molecule has 106 valence electrons. The number of carboxylic acid groups (broad SMARTS) is 1. The van der Waals surface area contributed by atoms with E-state index in [1.165, 1.54) is 37.7 Å². The van der Waals surface area contributed by atoms with E-state index in [1.54, 1.807) is 16.7 Å². The van der Waals surface area contributed by atoms with Crippen LogP contribution in [0.1, 0.15) is 10.4 Å². The van der Waals surface area contributed by atoms with E-state index < -0.39 is 11.8 Å². The summed E-state index contributed by atoms with van der Waals surface area (Å²) in [5, 5.41) is 8.96. The highest BCUT2D eigenvalue weighted by molar-refractivity contribution is 5.92. The molecule has 0 spiro atoms. The summed E-state index contributed by atoms with van der Waals surface area (Å²) in [5.74, 6) is -1.32. The molecule has 5 nitrogen and oxygen atoms in total. The smallest absolute Gasteiger partial charge is 0.335 e. The van der Waals surface area contributed by atoms with Gasteiger partial charge in [-0.15, -0.1) is 0 Å². The van der Waals surface area contributed by atoms with E-state index in [0.29, 0.717) is 16.7 Å². The van der Waals surface area contributed by atoms with Crippen molar-refractivity contribution >= 4 is 17.0 Å². The number of hydrogen-bond acceptors (Lipinski definition) is 3. The van der Waals surface area contributed by atoms with Crippen LogP contribution in [0.4, 0.5) is 4.39 Å². The fourth-order valence-corrected chi connectivity index (χ4v) is 2.16. The summed E-state index contributed by atoms with van der Waals surface area (Å²) in [6.45, 7) is 0. The fraction of sp³-hybridized carbons (Fsp3) is 0.0667. The molecule has 3 aromatic rings. The number of imidazole rings is 1. The molecule has 6 heteroatoms. The van der Waals surface area contributed by atoms with Gasteiger partial charge in [0.1, 0.15) is 6.33 Å². The molecule has 0 saturated heterocycles. The monoisotopic (exact) mass is 286 g/mol. The van der Waals surface area contributed by atoms with Crippen molar-refractivity contribution in [1.29, 1.82) is 0 Å². The van der Waals surface area contributed by atoms with Crippen LogP contribution in [0.5, 0.6) is 5.75 Å². The van der Waals surface area contributed by atoms with Crippen LogP contribution in [-0.2, 0) is 0 Å². The van der Waals surface area contributed by atoms with Crippen molar-refractivity contribution in [2.45, 2.75) is 0 Å². The lowest BCUT2D eigenvalue weighted by molar-refractivity contribution is 0.0697. The van der Waals surface area contributed by atoms with Crippen molar-refractivity contribution < 1.29 is 19.0 Å². The quantitative estimate of drug-likeness (QED) is 0.804. The predicted octanol–water partition coefficient (Wildman–Crippen LogP) is 2.87. The summed E-state index contributed by atoms with van der Waals surface area (Å²) in [6, 6.07) is 9.19. The molecule has 0 saturated carbocycles. The average Bonchev–Trinajstić information content (AvgIpc) is 2.90. The van der Waals surface area contributed by atoms with Crippen LogP contribution in [-0.4, -0.2) is 27.7 Å². The molecule has 0 aliphatic heterocycles. The highest BCUT2D eigenvalue weighted by Gasteiger charge is 2.10. The van der Waals surface area contributed by atoms with Crippen molar-refractivity contribution in [2.75, 3.05) is 7.11 Å². The molecule has 1 aromatic heterocycles. The number of carbonyl (C=O) groups is 1. The van der Waals surface area contributed by atoms with Gasteiger partial charge in [0.2, 0.25) is 0 Å². The summed E-state index contributed by atoms with van der Waals surface area (Å²) in [7, 11) is 1.40. The van der Waals surface area contributed by atoms with E-state index in [9.17, 15) is 9.18 Å². The van der Waals surface area contributed by atoms with Crippen molar-refractivity contribution in [3.05, 3.63) is 54.1 Å². The second-order valence-electron chi connectivity index (χ2n) is 4.44. The zero-order valence-corrected chi connectivity index (χ0v) is 11.1. The number of rotatable bonds is 3. The standard InChI is InChI=1S/C15H11FN2O3/c1-21-14-5-3-10(7-11(14)16)18-8-17-12-6-9(15(19)20)2-4-13(12)18/h2-8H,1H3,(H,19,20). The summed E-state index contributed by atoms with van der Waals surface area (Å²) >= 11 is 0. The van der Waals surface area contributed by atoms with Gasteiger partial charge in [-0.25, -0.2) is 14.2 Å². The lowest BCUT2D eigenvalue weighted by Gasteiger charge is -2.07. The second kappa shape index (κ2) is 4.90. The van der Waals surface area contributed by atoms with Gasteiger partial charge in [0.25, 0.3) is 0 Å². The Morgan fingerprint density at radius 1 is 1.29 bits per heavy atom. The number of carboxylic acids is 1. The first-order valence-corrected chi connectivity index (χ1v) is 6.14. The molecule has 0 bridgehead atoms. The first-order chi connectivity index (χ1) is 10.1. The van der Waals surface area contributed by atoms with Crippen LogP contribution in [0, 0.1) is 5.82 Å². The Hall–Kier alpha value is -2.89. The number of methoxy groups -OCH3 is 1. The Labute approximate surface area is 119 Å². The number of halogens is 1. The molecule has 0 radical (unpaired) electrons. The molecule has 0 atom stereocenters. The molecule has 0 amide bonds. The number of aromatic nitrogens is 2. The molecule has 0 unspecified atom stereocenters. The van der Waals surface area contributed by atoms with E-state index >= 15 is 0 Å². The van der Waals surface area contributed by atoms with Gasteiger partial charge in [-0.1, -0.05) is 0 Å². The number of nitrogens with zero attached hydrogens (tertiary/aromatic N) is 2. The lowest BCUT2D eigenvalue weighted by atomic mass is 10.2. The topological polar surface area (TPSA) is 64.4 Å². The van der Waals surface area contributed by atoms with Gasteiger partial charge in [0.15, 0.2) is 11.6 Å². The minimum atomic E-state index is -1.01. The Balaban J connectivity index is 2.13. The number of fused-ring (bicyclic) bond motifs is 1. The summed E-state index contributed by atoms with van der Waals surface area (Å²) in [4.78, 5) is 15.1. The van der Waals surface area contributed by atoms with Crippen LogP contribution in [0.2, 0.25) is 0 Å². The van der Waals surface area contributed by atoms with Gasteiger partial charge < -0.3 is 9.84 Å². The van der Waals surface area contributed by atoms with Crippen molar-refractivity contribution in [3.63, 3.8) is 0 Å². The van der Waals surface area contributed by atoms with Crippen molar-refractivity contribution in [3.8, 4) is 11.4 Å². The van der Waals surface area contributed by atoms with Crippen molar-refractivity contribution in [2.24, 2.45) is 0 Å². The number of benzene rings is 2. The maximum Gasteiger partial charge on any atom is 0.335 e. The van der Waals surface area contributed by atoms with Gasteiger partial charge in [0, 0.05) is 6.07 Å². The van der Waals surface area contributed by atoms with Gasteiger partial charge in [-0.05, 0) is 30.3 Å². The van der Waals surface area contributed by atoms with Crippen LogP contribution in [0.3, 0.4) is 0 Å². The first kappa shape index (κ1) is 13.1. The van der Waals surface area contributed by atoms with Gasteiger partial charge in [-0.3, -0.25) is 4.57 Å². The average molecular weight is 286 g/mol. The first-order valence-electron chi connectivity index (χ1n) is 6.14. The van der Waals surface area contributed by atoms with E-state index in [-0.39, 0.29) is 11.3 Å². The minimum Gasteiger partial charge on any atom is -0.494 e. The maximum atomic E-state index is 13.8. The highest BCUT2D eigenvalue weighted by Crippen LogP contribution is 2.24. The molecule has 0 aliphatic carbocycles. The molecular formula is C15H11FN2O3. The van der Waals surface area contributed by atoms with E-state index in [4.69, 9.17) is 9.84 Å². The molecule has 21 heavy (non-hydrogen) atoms. The Bertz CT molecular complexity index is 842. The molecule has 3 rings (SSSR count). The summed E-state index contributed by atoms with van der Waals surface area (Å²) < 4.78 is 20.3. The zero-order chi connectivity index (χ0) is 15.0. The van der Waals surface area contributed by atoms with Gasteiger partial charge in [-0.2, -0.15) is 0 Å². The molecule has 0 fully saturated rings. The summed E-state index contributed by atoms with van der Waals surface area (Å²) in [5.41, 5.74) is 1.98. The zero-order valence-electron chi connectivity index (χ0n) is 11.1. The maximum absolute atomic E-state index is 13.8. The fourth-order valence-electron chi connectivity index (χ4n) is 2.16. The van der Waals surface area contributed by atoms with E-state index in [2.05, 4.69) is 4.98 Å². The Morgan fingerprint density at radius 2 is 2.10 bits per heavy atom. The second-order valence-corrected chi connectivity index (χ2v) is 4.44. The SMILES string of the molecule is COc1ccc(-n2cnc3cc(C(=O)O)ccc32)cc1F. The van der Waals surface area contributed by atoms with Crippen molar-refractivity contribution in [1.82, 2.24) is 9.55 Å². The lowest BCUT2D eigenvalue weighted by Crippen LogP contribution is -1.97. The normalized spacial score (nSPS) is 10.8. The van der Waals surface area contributed by atoms with Crippen LogP contribution in [0.15, 0.2) is 42.7 Å². The highest BCUT2D eigenvalue weighted by atomic mass is 19.1. The van der Waals surface area contributed by atoms with Crippen LogP contribution >= 0.6 is 0 Å². The molecule has 1 heterocycles. The largest absolute Gasteiger partial charge is 0.494 e. The van der Waals surface area contributed by atoms with E-state index in [1.807, 2.05) is 0 Å². The third-order valence-corrected chi connectivity index (χ3v) is 3.21. The molecule has 1 N–H and O–H groups in total.